The summed E-state index contributed by atoms with van der Waals surface area (Å²) in [6.07, 6.45) is 1.87. The van der Waals surface area contributed by atoms with Crippen LogP contribution >= 0.6 is 11.6 Å². The van der Waals surface area contributed by atoms with Crippen molar-refractivity contribution in [3.8, 4) is 45.5 Å². The summed E-state index contributed by atoms with van der Waals surface area (Å²) in [7, 11) is 5.06. The van der Waals surface area contributed by atoms with Crippen LogP contribution in [0, 0.1) is 0 Å². The second kappa shape index (κ2) is 9.87. The maximum Gasteiger partial charge on any atom is 0.275 e. The number of aryl methyl sites for hydroxylation is 1. The fourth-order valence-electron chi connectivity index (χ4n) is 5.32. The molecule has 208 valence electrons. The Morgan fingerprint density at radius 1 is 1.07 bits per heavy atom. The lowest BCUT2D eigenvalue weighted by atomic mass is 9.97. The van der Waals surface area contributed by atoms with E-state index < -0.39 is 5.54 Å². The summed E-state index contributed by atoms with van der Waals surface area (Å²) in [6, 6.07) is 11.1. The van der Waals surface area contributed by atoms with E-state index in [4.69, 9.17) is 35.6 Å². The van der Waals surface area contributed by atoms with Crippen LogP contribution in [0.1, 0.15) is 29.9 Å². The Morgan fingerprint density at radius 2 is 1.90 bits per heavy atom. The number of nitrogens with zero attached hydrogens (tertiary/aromatic N) is 5. The molecule has 0 spiro atoms. The van der Waals surface area contributed by atoms with Crippen molar-refractivity contribution in [3.05, 3.63) is 58.9 Å². The predicted octanol–water partition coefficient (Wildman–Crippen LogP) is 4.75. The molecule has 1 fully saturated rings. The first-order valence-corrected chi connectivity index (χ1v) is 13.3. The third kappa shape index (κ3) is 4.37. The van der Waals surface area contributed by atoms with Crippen LogP contribution in [0.25, 0.3) is 28.2 Å². The molecule has 0 atom stereocenters. The largest absolute Gasteiger partial charge is 0.497 e. The lowest BCUT2D eigenvalue weighted by molar-refractivity contribution is -0.0374. The quantitative estimate of drug-likeness (QED) is 0.346. The third-order valence-electron chi connectivity index (χ3n) is 7.33. The van der Waals surface area contributed by atoms with Gasteiger partial charge < -0.3 is 23.8 Å². The zero-order valence-electron chi connectivity index (χ0n) is 23.0. The van der Waals surface area contributed by atoms with Gasteiger partial charge in [-0.05, 0) is 38.1 Å². The van der Waals surface area contributed by atoms with Crippen molar-refractivity contribution in [2.75, 3.05) is 34.0 Å². The average molecular weight is 564 g/mol. The van der Waals surface area contributed by atoms with Crippen molar-refractivity contribution in [2.45, 2.75) is 26.0 Å². The van der Waals surface area contributed by atoms with E-state index in [-0.39, 0.29) is 12.5 Å². The summed E-state index contributed by atoms with van der Waals surface area (Å²) < 4.78 is 26.6. The smallest absolute Gasteiger partial charge is 0.275 e. The Morgan fingerprint density at radius 3 is 2.60 bits per heavy atom. The predicted molar refractivity (Wildman–Crippen MR) is 150 cm³/mol. The normalized spacial score (nSPS) is 15.7. The molecule has 4 aromatic rings. The van der Waals surface area contributed by atoms with Gasteiger partial charge in [-0.1, -0.05) is 11.6 Å². The summed E-state index contributed by atoms with van der Waals surface area (Å²) in [4.78, 5) is 15.9. The molecule has 2 aliphatic rings. The number of carbonyl (C=O) groups excluding carboxylic acids is 1. The topological polar surface area (TPSA) is 92.9 Å². The highest BCUT2D eigenvalue weighted by Gasteiger charge is 2.39. The number of halogens is 1. The molecule has 2 aromatic heterocycles. The van der Waals surface area contributed by atoms with Gasteiger partial charge in [0, 0.05) is 53.6 Å². The van der Waals surface area contributed by atoms with Crippen LogP contribution in [0.3, 0.4) is 0 Å². The number of ether oxygens (including phenoxy) is 4. The van der Waals surface area contributed by atoms with Crippen molar-refractivity contribution in [3.63, 3.8) is 0 Å². The molecule has 4 heterocycles. The minimum atomic E-state index is -0.488. The van der Waals surface area contributed by atoms with Crippen molar-refractivity contribution in [1.29, 1.82) is 0 Å². The highest BCUT2D eigenvalue weighted by molar-refractivity contribution is 6.30. The number of amides is 1. The van der Waals surface area contributed by atoms with E-state index >= 15 is 0 Å². The van der Waals surface area contributed by atoms with Gasteiger partial charge in [0.25, 0.3) is 5.91 Å². The van der Waals surface area contributed by atoms with Gasteiger partial charge in [-0.15, -0.1) is 0 Å². The minimum absolute atomic E-state index is 0.165. The summed E-state index contributed by atoms with van der Waals surface area (Å²) in [5.41, 5.74) is 4.21. The van der Waals surface area contributed by atoms with Gasteiger partial charge in [0.05, 0.1) is 50.0 Å². The molecule has 0 bridgehead atoms. The minimum Gasteiger partial charge on any atom is -0.497 e. The van der Waals surface area contributed by atoms with Crippen LogP contribution in [0.5, 0.6) is 17.2 Å². The van der Waals surface area contributed by atoms with Crippen LogP contribution in [0.4, 0.5) is 0 Å². The number of methoxy groups -OCH3 is 2. The second-order valence-electron chi connectivity index (χ2n) is 10.5. The SMILES string of the molecule is COc1cc(Cl)cc(-n2nc(C(=O)N3CCOCC3(C)C)c3c2-c2cc(-c4ccn(C)n4)c(OC)cc2OC3)c1. The van der Waals surface area contributed by atoms with Crippen LogP contribution in [0.15, 0.2) is 42.6 Å². The lowest BCUT2D eigenvalue weighted by Gasteiger charge is -2.41. The Kier molecular flexibility index (Phi) is 6.47. The van der Waals surface area contributed by atoms with E-state index in [2.05, 4.69) is 5.10 Å². The highest BCUT2D eigenvalue weighted by atomic mass is 35.5. The number of rotatable bonds is 5. The lowest BCUT2D eigenvalue weighted by Crippen LogP contribution is -2.55. The average Bonchev–Trinajstić information content (AvgIpc) is 3.55. The van der Waals surface area contributed by atoms with Gasteiger partial charge in [0.1, 0.15) is 23.9 Å². The second-order valence-corrected chi connectivity index (χ2v) is 10.9. The third-order valence-corrected chi connectivity index (χ3v) is 7.55. The molecule has 1 amide bonds. The number of carbonyl (C=O) groups is 1. The maximum atomic E-state index is 14.1. The van der Waals surface area contributed by atoms with E-state index in [1.165, 1.54) is 0 Å². The fourth-order valence-corrected chi connectivity index (χ4v) is 5.54. The molecular formula is C29H30ClN5O5. The van der Waals surface area contributed by atoms with Crippen LogP contribution in [-0.4, -0.2) is 69.9 Å². The molecule has 2 aromatic carbocycles. The number of hydrogen-bond acceptors (Lipinski definition) is 7. The number of morpholine rings is 1. The number of benzene rings is 2. The number of fused-ring (bicyclic) bond motifs is 3. The first-order valence-electron chi connectivity index (χ1n) is 12.9. The number of aromatic nitrogens is 4. The molecule has 0 N–H and O–H groups in total. The van der Waals surface area contributed by atoms with Crippen molar-refractivity contribution in [2.24, 2.45) is 7.05 Å². The first kappa shape index (κ1) is 26.2. The van der Waals surface area contributed by atoms with Gasteiger partial charge in [-0.2, -0.15) is 10.2 Å². The van der Waals surface area contributed by atoms with Crippen molar-refractivity contribution >= 4 is 17.5 Å². The van der Waals surface area contributed by atoms with Crippen molar-refractivity contribution in [1.82, 2.24) is 24.5 Å². The molecular weight excluding hydrogens is 534 g/mol. The fraction of sp³-hybridized carbons (Fsp3) is 0.345. The monoisotopic (exact) mass is 563 g/mol. The zero-order valence-corrected chi connectivity index (χ0v) is 23.8. The summed E-state index contributed by atoms with van der Waals surface area (Å²) in [6.45, 7) is 5.53. The van der Waals surface area contributed by atoms with E-state index in [1.807, 2.05) is 56.3 Å². The van der Waals surface area contributed by atoms with Gasteiger partial charge >= 0.3 is 0 Å². The van der Waals surface area contributed by atoms with Gasteiger partial charge in [0.2, 0.25) is 0 Å². The van der Waals surface area contributed by atoms with E-state index in [0.29, 0.717) is 59.0 Å². The van der Waals surface area contributed by atoms with Gasteiger partial charge in [0.15, 0.2) is 5.69 Å². The van der Waals surface area contributed by atoms with Crippen LogP contribution in [-0.2, 0) is 18.4 Å². The Labute approximate surface area is 236 Å². The van der Waals surface area contributed by atoms with E-state index in [9.17, 15) is 4.79 Å². The molecule has 2 aliphatic heterocycles. The molecule has 0 radical (unpaired) electrons. The molecule has 0 aliphatic carbocycles. The van der Waals surface area contributed by atoms with E-state index in [1.54, 1.807) is 35.7 Å². The summed E-state index contributed by atoms with van der Waals surface area (Å²) >= 11 is 6.48. The Hall–Kier alpha value is -4.02. The molecule has 0 saturated carbocycles. The zero-order chi connectivity index (χ0) is 28.2. The molecule has 1 saturated heterocycles. The molecule has 10 nitrogen and oxygen atoms in total. The van der Waals surface area contributed by atoms with Gasteiger partial charge in [-0.3, -0.25) is 9.48 Å². The first-order chi connectivity index (χ1) is 19.2. The van der Waals surface area contributed by atoms with Gasteiger partial charge in [-0.25, -0.2) is 4.68 Å². The van der Waals surface area contributed by atoms with Crippen LogP contribution in [0.2, 0.25) is 5.02 Å². The maximum absolute atomic E-state index is 14.1. The Balaban J connectivity index is 1.59. The Bertz CT molecular complexity index is 1630. The van der Waals surface area contributed by atoms with E-state index in [0.717, 1.165) is 22.5 Å². The standard InChI is InChI=1S/C29H30ClN5O5/c1-29(2)16-39-9-8-34(29)28(36)26-22-15-40-25-14-24(38-5)20(23-6-7-33(3)31-23)13-21(25)27(22)35(32-26)18-10-17(30)11-19(12-18)37-4/h6-7,10-14H,8-9,15-16H2,1-5H3. The molecule has 6 rings (SSSR count). The molecule has 11 heteroatoms. The summed E-state index contributed by atoms with van der Waals surface area (Å²) in [5.74, 6) is 1.64. The molecule has 40 heavy (non-hydrogen) atoms. The van der Waals surface area contributed by atoms with Crippen molar-refractivity contribution < 1.29 is 23.7 Å². The summed E-state index contributed by atoms with van der Waals surface area (Å²) in [5, 5.41) is 9.98. The highest BCUT2D eigenvalue weighted by Crippen LogP contribution is 2.46. The van der Waals surface area contributed by atoms with Crippen LogP contribution < -0.4 is 14.2 Å². The number of hydrogen-bond donors (Lipinski definition) is 0. The molecule has 0 unspecified atom stereocenters.